The molecule has 0 radical (unpaired) electrons. The number of non-ortho nitro benzene ring substituents is 1. The Morgan fingerprint density at radius 3 is 2.61 bits per heavy atom. The number of amides is 1. The van der Waals surface area contributed by atoms with Gasteiger partial charge in [-0.25, -0.2) is 0 Å². The Kier molecular flexibility index (Phi) is 4.21. The molecule has 0 atom stereocenters. The van der Waals surface area contributed by atoms with Crippen LogP contribution in [0.25, 0.3) is 0 Å². The summed E-state index contributed by atoms with van der Waals surface area (Å²) in [5.74, 6) is -0.996. The summed E-state index contributed by atoms with van der Waals surface area (Å²) >= 11 is 0. The van der Waals surface area contributed by atoms with Crippen molar-refractivity contribution in [1.29, 1.82) is 0 Å². The third kappa shape index (κ3) is 3.58. The predicted octanol–water partition coefficient (Wildman–Crippen LogP) is 1.35. The number of hydrogen-bond donors (Lipinski definition) is 2. The molecule has 0 aliphatic heterocycles. The number of phenols is 1. The van der Waals surface area contributed by atoms with Gasteiger partial charge in [0, 0.05) is 12.1 Å². The number of nitro groups is 2. The zero-order chi connectivity index (χ0) is 17.1. The van der Waals surface area contributed by atoms with Crippen molar-refractivity contribution < 1.29 is 19.7 Å². The maximum atomic E-state index is 11.9. The topological polar surface area (TPSA) is 153 Å². The Morgan fingerprint density at radius 2 is 2.04 bits per heavy atom. The van der Waals surface area contributed by atoms with Crippen LogP contribution in [-0.2, 0) is 11.3 Å². The summed E-state index contributed by atoms with van der Waals surface area (Å²) < 4.78 is 1.07. The Bertz CT molecular complexity index is 799. The summed E-state index contributed by atoms with van der Waals surface area (Å²) in [5, 5.41) is 37.1. The lowest BCUT2D eigenvalue weighted by atomic mass is 10.2. The number of aryl methyl sites for hydroxylation is 1. The zero-order valence-electron chi connectivity index (χ0n) is 11.8. The van der Waals surface area contributed by atoms with E-state index in [-0.39, 0.29) is 35.1 Å². The molecule has 2 aromatic rings. The molecule has 1 amide bonds. The highest BCUT2D eigenvalue weighted by atomic mass is 16.6. The number of phenolic OH excluding ortho intramolecular Hbond substituents is 1. The Balaban J connectivity index is 2.14. The van der Waals surface area contributed by atoms with Gasteiger partial charge in [0.15, 0.2) is 0 Å². The number of nitro benzene ring substituents is 1. The van der Waals surface area contributed by atoms with Gasteiger partial charge in [0.05, 0.1) is 15.5 Å². The molecule has 0 unspecified atom stereocenters. The van der Waals surface area contributed by atoms with Gasteiger partial charge in [0.2, 0.25) is 5.91 Å². The minimum absolute atomic E-state index is 0.137. The van der Waals surface area contributed by atoms with Crippen LogP contribution >= 0.6 is 0 Å². The van der Waals surface area contributed by atoms with Crippen molar-refractivity contribution in [2.45, 2.75) is 13.5 Å². The molecule has 0 spiro atoms. The van der Waals surface area contributed by atoms with Crippen molar-refractivity contribution in [2.75, 3.05) is 5.32 Å². The summed E-state index contributed by atoms with van der Waals surface area (Å²) in [5.41, 5.74) is -0.511. The first kappa shape index (κ1) is 15.9. The number of aromatic nitrogens is 2. The first-order valence-corrected chi connectivity index (χ1v) is 6.23. The molecule has 0 aliphatic rings. The quantitative estimate of drug-likeness (QED) is 0.478. The second-order valence-corrected chi connectivity index (χ2v) is 4.56. The van der Waals surface area contributed by atoms with E-state index in [2.05, 4.69) is 10.4 Å². The molecule has 11 nitrogen and oxygen atoms in total. The lowest BCUT2D eigenvalue weighted by molar-refractivity contribution is -0.385. The van der Waals surface area contributed by atoms with E-state index in [4.69, 9.17) is 0 Å². The van der Waals surface area contributed by atoms with Crippen LogP contribution < -0.4 is 5.32 Å². The number of benzene rings is 1. The number of carbonyl (C=O) groups excluding carboxylic acids is 1. The summed E-state index contributed by atoms with van der Waals surface area (Å²) in [6.45, 7) is 1.08. The minimum atomic E-state index is -0.671. The SMILES string of the molecule is Cc1nn(CC(=O)Nc2cc([N+](=O)[O-])ccc2O)cc1[N+](=O)[O-]. The van der Waals surface area contributed by atoms with Gasteiger partial charge in [0.1, 0.15) is 24.2 Å². The fourth-order valence-electron chi connectivity index (χ4n) is 1.84. The number of rotatable bonds is 5. The van der Waals surface area contributed by atoms with Crippen molar-refractivity contribution in [3.63, 3.8) is 0 Å². The van der Waals surface area contributed by atoms with E-state index in [0.717, 1.165) is 29.1 Å². The van der Waals surface area contributed by atoms with Gasteiger partial charge in [-0.3, -0.25) is 29.7 Å². The van der Waals surface area contributed by atoms with E-state index in [1.54, 1.807) is 0 Å². The van der Waals surface area contributed by atoms with Crippen LogP contribution in [0.15, 0.2) is 24.4 Å². The smallest absolute Gasteiger partial charge is 0.309 e. The largest absolute Gasteiger partial charge is 0.506 e. The first-order valence-electron chi connectivity index (χ1n) is 6.23. The Morgan fingerprint density at radius 1 is 1.35 bits per heavy atom. The molecule has 2 N–H and O–H groups in total. The summed E-state index contributed by atoms with van der Waals surface area (Å²) in [7, 11) is 0. The highest BCUT2D eigenvalue weighted by Crippen LogP contribution is 2.27. The van der Waals surface area contributed by atoms with Gasteiger partial charge in [-0.2, -0.15) is 5.10 Å². The van der Waals surface area contributed by atoms with E-state index in [1.165, 1.54) is 6.92 Å². The predicted molar refractivity (Wildman–Crippen MR) is 77.0 cm³/mol. The van der Waals surface area contributed by atoms with Crippen LogP contribution in [0.3, 0.4) is 0 Å². The van der Waals surface area contributed by atoms with Crippen LogP contribution in [0.5, 0.6) is 5.75 Å². The third-order valence-electron chi connectivity index (χ3n) is 2.89. The Hall–Kier alpha value is -3.50. The summed E-state index contributed by atoms with van der Waals surface area (Å²) in [4.78, 5) is 32.0. The molecule has 0 saturated carbocycles. The van der Waals surface area contributed by atoms with Crippen molar-refractivity contribution in [1.82, 2.24) is 9.78 Å². The molecule has 1 aromatic heterocycles. The van der Waals surface area contributed by atoms with E-state index < -0.39 is 15.8 Å². The number of carbonyl (C=O) groups is 1. The van der Waals surface area contributed by atoms with Crippen LogP contribution in [0, 0.1) is 27.2 Å². The second kappa shape index (κ2) is 6.09. The molecular weight excluding hydrogens is 310 g/mol. The first-order chi connectivity index (χ1) is 10.8. The molecule has 1 heterocycles. The van der Waals surface area contributed by atoms with Crippen LogP contribution in [-0.4, -0.2) is 30.6 Å². The van der Waals surface area contributed by atoms with E-state index in [9.17, 15) is 30.1 Å². The number of aromatic hydroxyl groups is 1. The van der Waals surface area contributed by atoms with Crippen molar-refractivity contribution in [2.24, 2.45) is 0 Å². The molecule has 0 saturated heterocycles. The zero-order valence-corrected chi connectivity index (χ0v) is 11.8. The number of nitrogens with zero attached hydrogens (tertiary/aromatic N) is 4. The summed E-state index contributed by atoms with van der Waals surface area (Å²) in [6, 6.07) is 3.17. The average molecular weight is 321 g/mol. The molecular formula is C12H11N5O6. The van der Waals surface area contributed by atoms with Gasteiger partial charge in [-0.1, -0.05) is 0 Å². The average Bonchev–Trinajstić information content (AvgIpc) is 2.81. The van der Waals surface area contributed by atoms with Crippen molar-refractivity contribution in [3.8, 4) is 5.75 Å². The van der Waals surface area contributed by atoms with Crippen molar-refractivity contribution >= 4 is 23.0 Å². The van der Waals surface area contributed by atoms with E-state index >= 15 is 0 Å². The lowest BCUT2D eigenvalue weighted by Gasteiger charge is -2.07. The highest BCUT2D eigenvalue weighted by molar-refractivity contribution is 5.92. The van der Waals surface area contributed by atoms with Crippen LogP contribution in [0.4, 0.5) is 17.1 Å². The molecule has 0 aliphatic carbocycles. The molecule has 120 valence electrons. The van der Waals surface area contributed by atoms with Crippen LogP contribution in [0.1, 0.15) is 5.69 Å². The molecule has 0 fully saturated rings. The highest BCUT2D eigenvalue weighted by Gasteiger charge is 2.18. The van der Waals surface area contributed by atoms with Gasteiger partial charge < -0.3 is 10.4 Å². The fourth-order valence-corrected chi connectivity index (χ4v) is 1.84. The third-order valence-corrected chi connectivity index (χ3v) is 2.89. The standard InChI is InChI=1S/C12H11N5O6/c1-7-10(17(22)23)5-15(14-7)6-12(19)13-9-4-8(16(20)21)2-3-11(9)18/h2-5,18H,6H2,1H3,(H,13,19). The second-order valence-electron chi connectivity index (χ2n) is 4.56. The number of nitrogens with one attached hydrogen (secondary N) is 1. The molecule has 23 heavy (non-hydrogen) atoms. The lowest BCUT2D eigenvalue weighted by Crippen LogP contribution is -2.19. The monoisotopic (exact) mass is 321 g/mol. The van der Waals surface area contributed by atoms with Gasteiger partial charge in [0.25, 0.3) is 5.69 Å². The minimum Gasteiger partial charge on any atom is -0.506 e. The Labute approximate surface area is 128 Å². The molecule has 2 rings (SSSR count). The normalized spacial score (nSPS) is 10.3. The molecule has 1 aromatic carbocycles. The van der Waals surface area contributed by atoms with Gasteiger partial charge >= 0.3 is 5.69 Å². The van der Waals surface area contributed by atoms with E-state index in [0.29, 0.717) is 0 Å². The number of anilines is 1. The molecule has 0 bridgehead atoms. The van der Waals surface area contributed by atoms with Gasteiger partial charge in [-0.05, 0) is 13.0 Å². The maximum Gasteiger partial charge on any atom is 0.309 e. The molecule has 11 heteroatoms. The summed E-state index contributed by atoms with van der Waals surface area (Å²) in [6.07, 6.45) is 1.10. The van der Waals surface area contributed by atoms with E-state index in [1.807, 2.05) is 0 Å². The number of hydrogen-bond acceptors (Lipinski definition) is 7. The van der Waals surface area contributed by atoms with Gasteiger partial charge in [-0.15, -0.1) is 0 Å². The fraction of sp³-hybridized carbons (Fsp3) is 0.167. The van der Waals surface area contributed by atoms with Crippen LogP contribution in [0.2, 0.25) is 0 Å². The van der Waals surface area contributed by atoms with Crippen molar-refractivity contribution in [3.05, 3.63) is 50.3 Å². The maximum absolute atomic E-state index is 11.9.